The minimum absolute atomic E-state index is 0.153. The van der Waals surface area contributed by atoms with Gasteiger partial charge in [-0.25, -0.2) is 4.79 Å². The molecule has 0 saturated carbocycles. The Morgan fingerprint density at radius 3 is 2.52 bits per heavy atom. The summed E-state index contributed by atoms with van der Waals surface area (Å²) in [5.74, 6) is 1.27. The van der Waals surface area contributed by atoms with Crippen LogP contribution in [0.15, 0.2) is 16.5 Å². The Balaban J connectivity index is 2.41. The van der Waals surface area contributed by atoms with E-state index in [0.717, 1.165) is 9.53 Å². The zero-order valence-corrected chi connectivity index (χ0v) is 15.5. The Hall–Kier alpha value is -0.760. The highest BCUT2D eigenvalue weighted by Crippen LogP contribution is 2.11. The second kappa shape index (κ2) is 8.03. The minimum atomic E-state index is -0.476. The van der Waals surface area contributed by atoms with Crippen molar-refractivity contribution >= 4 is 28.7 Å². The molecular weight excluding hydrogens is 383 g/mol. The Labute approximate surface area is 140 Å². The van der Waals surface area contributed by atoms with Crippen LogP contribution in [0, 0.1) is 9.68 Å². The second-order valence-electron chi connectivity index (χ2n) is 6.32. The summed E-state index contributed by atoms with van der Waals surface area (Å²) in [6, 6.07) is 4.04. The van der Waals surface area contributed by atoms with Crippen molar-refractivity contribution in [3.63, 3.8) is 0 Å². The number of nitrogens with one attached hydrogen (secondary N) is 2. The highest BCUT2D eigenvalue weighted by molar-refractivity contribution is 14.1. The van der Waals surface area contributed by atoms with Crippen LogP contribution in [0.2, 0.25) is 0 Å². The van der Waals surface area contributed by atoms with E-state index in [1.54, 1.807) is 0 Å². The summed E-state index contributed by atoms with van der Waals surface area (Å²) in [6.07, 6.45) is -0.387. The molecule has 0 aromatic carbocycles. The van der Waals surface area contributed by atoms with Crippen molar-refractivity contribution < 1.29 is 13.9 Å². The molecule has 1 heterocycles. The molecule has 0 saturated heterocycles. The van der Waals surface area contributed by atoms with Crippen LogP contribution in [0.4, 0.5) is 4.79 Å². The Morgan fingerprint density at radius 1 is 1.38 bits per heavy atom. The number of halogens is 1. The van der Waals surface area contributed by atoms with Crippen LogP contribution in [-0.4, -0.2) is 24.3 Å². The topological polar surface area (TPSA) is 63.5 Å². The van der Waals surface area contributed by atoms with Gasteiger partial charge in [-0.2, -0.15) is 0 Å². The van der Waals surface area contributed by atoms with Crippen LogP contribution in [0.25, 0.3) is 0 Å². The quantitative estimate of drug-likeness (QED) is 0.708. The molecular formula is C15H25IN2O3. The summed E-state index contributed by atoms with van der Waals surface area (Å²) in [5, 5.41) is 6.21. The van der Waals surface area contributed by atoms with Gasteiger partial charge in [0.1, 0.15) is 11.4 Å². The van der Waals surface area contributed by atoms with E-state index in [-0.39, 0.29) is 12.1 Å². The molecule has 0 aliphatic rings. The third kappa shape index (κ3) is 7.71. The lowest BCUT2D eigenvalue weighted by atomic mass is 10.0. The first-order valence-electron chi connectivity index (χ1n) is 7.12. The van der Waals surface area contributed by atoms with E-state index in [2.05, 4.69) is 47.1 Å². The van der Waals surface area contributed by atoms with Crippen molar-refractivity contribution in [2.45, 2.75) is 52.8 Å². The van der Waals surface area contributed by atoms with Crippen LogP contribution in [0.5, 0.6) is 0 Å². The molecule has 2 N–H and O–H groups in total. The molecule has 21 heavy (non-hydrogen) atoms. The summed E-state index contributed by atoms with van der Waals surface area (Å²) < 4.78 is 11.6. The van der Waals surface area contributed by atoms with E-state index in [4.69, 9.17) is 9.15 Å². The van der Waals surface area contributed by atoms with Crippen molar-refractivity contribution in [2.75, 3.05) is 6.54 Å². The van der Waals surface area contributed by atoms with Gasteiger partial charge in [0.25, 0.3) is 0 Å². The summed E-state index contributed by atoms with van der Waals surface area (Å²) in [6.45, 7) is 10.9. The molecule has 6 heteroatoms. The van der Waals surface area contributed by atoms with E-state index >= 15 is 0 Å². The van der Waals surface area contributed by atoms with Crippen molar-refractivity contribution in [1.29, 1.82) is 0 Å². The summed E-state index contributed by atoms with van der Waals surface area (Å²) in [7, 11) is 0. The molecule has 0 radical (unpaired) electrons. The summed E-state index contributed by atoms with van der Waals surface area (Å²) >= 11 is 2.14. The third-order valence-electron chi connectivity index (χ3n) is 2.84. The molecule has 1 aromatic rings. The first-order valence-corrected chi connectivity index (χ1v) is 8.19. The van der Waals surface area contributed by atoms with E-state index in [1.807, 2.05) is 32.9 Å². The number of alkyl carbamates (subject to hydrolysis) is 1. The van der Waals surface area contributed by atoms with Gasteiger partial charge in [-0.1, -0.05) is 13.8 Å². The lowest BCUT2D eigenvalue weighted by molar-refractivity contribution is 0.0519. The molecule has 0 aliphatic heterocycles. The first kappa shape index (κ1) is 18.3. The SMILES string of the molecule is CC(C)C(CNC(=O)OC(C)(C)C)NCc1ccc(I)o1. The van der Waals surface area contributed by atoms with Crippen LogP contribution in [0.3, 0.4) is 0 Å². The highest BCUT2D eigenvalue weighted by atomic mass is 127. The van der Waals surface area contributed by atoms with Gasteiger partial charge in [0.2, 0.25) is 0 Å². The standard InChI is InChI=1S/C15H25IN2O3/c1-10(2)12(9-18-14(19)21-15(3,4)5)17-8-11-6-7-13(16)20-11/h6-7,10,12,17H,8-9H2,1-5H3,(H,18,19). The fraction of sp³-hybridized carbons (Fsp3) is 0.667. The Kier molecular flexibility index (Phi) is 6.99. The first-order chi connectivity index (χ1) is 9.67. The van der Waals surface area contributed by atoms with Crippen molar-refractivity contribution in [3.8, 4) is 0 Å². The normalized spacial score (nSPS) is 13.3. The molecule has 0 spiro atoms. The van der Waals surface area contributed by atoms with Crippen LogP contribution < -0.4 is 10.6 Å². The van der Waals surface area contributed by atoms with Crippen molar-refractivity contribution in [3.05, 3.63) is 21.7 Å². The zero-order chi connectivity index (χ0) is 16.0. The molecule has 0 bridgehead atoms. The molecule has 1 unspecified atom stereocenters. The fourth-order valence-electron chi connectivity index (χ4n) is 1.73. The van der Waals surface area contributed by atoms with E-state index < -0.39 is 5.60 Å². The molecule has 0 fully saturated rings. The molecule has 120 valence electrons. The minimum Gasteiger partial charge on any atom is -0.454 e. The van der Waals surface area contributed by atoms with Crippen LogP contribution >= 0.6 is 22.6 Å². The van der Waals surface area contributed by atoms with E-state index in [1.165, 1.54) is 0 Å². The number of rotatable bonds is 6. The number of hydrogen-bond donors (Lipinski definition) is 2. The number of carbonyl (C=O) groups excluding carboxylic acids is 1. The molecule has 1 rings (SSSR count). The van der Waals surface area contributed by atoms with Crippen molar-refractivity contribution in [1.82, 2.24) is 10.6 Å². The van der Waals surface area contributed by atoms with Gasteiger partial charge in [0, 0.05) is 12.6 Å². The maximum absolute atomic E-state index is 11.7. The van der Waals surface area contributed by atoms with Crippen LogP contribution in [-0.2, 0) is 11.3 Å². The Bertz CT molecular complexity index is 452. The number of furan rings is 1. The van der Waals surface area contributed by atoms with Gasteiger partial charge < -0.3 is 19.8 Å². The van der Waals surface area contributed by atoms with E-state index in [9.17, 15) is 4.79 Å². The Morgan fingerprint density at radius 2 is 2.05 bits per heavy atom. The summed E-state index contributed by atoms with van der Waals surface area (Å²) in [4.78, 5) is 11.7. The maximum atomic E-state index is 11.7. The number of carbonyl (C=O) groups is 1. The average Bonchev–Trinajstić information content (AvgIpc) is 2.72. The third-order valence-corrected chi connectivity index (χ3v) is 3.42. The second-order valence-corrected chi connectivity index (χ2v) is 7.38. The maximum Gasteiger partial charge on any atom is 0.407 e. The monoisotopic (exact) mass is 408 g/mol. The highest BCUT2D eigenvalue weighted by Gasteiger charge is 2.19. The van der Waals surface area contributed by atoms with Gasteiger partial charge in [0.15, 0.2) is 3.77 Å². The lowest BCUT2D eigenvalue weighted by Crippen LogP contribution is -2.45. The number of amides is 1. The number of hydrogen-bond acceptors (Lipinski definition) is 4. The van der Waals surface area contributed by atoms with Crippen molar-refractivity contribution in [2.24, 2.45) is 5.92 Å². The molecule has 5 nitrogen and oxygen atoms in total. The van der Waals surface area contributed by atoms with Crippen LogP contribution in [0.1, 0.15) is 40.4 Å². The smallest absolute Gasteiger partial charge is 0.407 e. The predicted octanol–water partition coefficient (Wildman–Crippen LogP) is 3.52. The average molecular weight is 408 g/mol. The number of ether oxygens (including phenoxy) is 1. The lowest BCUT2D eigenvalue weighted by Gasteiger charge is -2.24. The summed E-state index contributed by atoms with van der Waals surface area (Å²) in [5.41, 5.74) is -0.476. The molecule has 0 aliphatic carbocycles. The zero-order valence-electron chi connectivity index (χ0n) is 13.3. The predicted molar refractivity (Wildman–Crippen MR) is 91.1 cm³/mol. The molecule has 1 atom stereocenters. The molecule has 1 amide bonds. The molecule has 1 aromatic heterocycles. The van der Waals surface area contributed by atoms with Gasteiger partial charge in [0.05, 0.1) is 6.54 Å². The van der Waals surface area contributed by atoms with E-state index in [0.29, 0.717) is 19.0 Å². The van der Waals surface area contributed by atoms with Gasteiger partial charge in [-0.15, -0.1) is 0 Å². The largest absolute Gasteiger partial charge is 0.454 e. The van der Waals surface area contributed by atoms with Gasteiger partial charge in [-0.3, -0.25) is 0 Å². The fourth-order valence-corrected chi connectivity index (χ4v) is 2.19. The van der Waals surface area contributed by atoms with Gasteiger partial charge in [-0.05, 0) is 61.4 Å². The van der Waals surface area contributed by atoms with Gasteiger partial charge >= 0.3 is 6.09 Å².